The number of guanidine groups is 1. The van der Waals surface area contributed by atoms with Gasteiger partial charge in [-0.1, -0.05) is 13.8 Å². The number of hydrogen-bond acceptors (Lipinski definition) is 4. The number of likely N-dealkylation sites (N-methyl/N-ethyl adjacent to an activating group) is 1. The van der Waals surface area contributed by atoms with Gasteiger partial charge in [-0.3, -0.25) is 4.99 Å². The van der Waals surface area contributed by atoms with Crippen LogP contribution in [0.15, 0.2) is 4.99 Å². The van der Waals surface area contributed by atoms with Crippen LogP contribution in [0.2, 0.25) is 0 Å². The first-order valence-electron chi connectivity index (χ1n) is 8.61. The van der Waals surface area contributed by atoms with Crippen molar-refractivity contribution in [1.82, 2.24) is 15.5 Å². The molecule has 134 valence electrons. The fourth-order valence-electron chi connectivity index (χ4n) is 3.67. The lowest BCUT2D eigenvalue weighted by Crippen LogP contribution is -2.64. The minimum Gasteiger partial charge on any atom is -0.381 e. The highest BCUT2D eigenvalue weighted by molar-refractivity contribution is 5.80. The molecule has 2 N–H and O–H groups in total. The second-order valence-electron chi connectivity index (χ2n) is 7.64. The van der Waals surface area contributed by atoms with Crippen LogP contribution < -0.4 is 10.6 Å². The van der Waals surface area contributed by atoms with E-state index >= 15 is 0 Å². The van der Waals surface area contributed by atoms with Crippen molar-refractivity contribution < 1.29 is 9.47 Å². The lowest BCUT2D eigenvalue weighted by atomic mass is 9.64. The molecular formula is C17H34N4O2. The first kappa shape index (κ1) is 18.5. The highest BCUT2D eigenvalue weighted by Gasteiger charge is 2.49. The molecule has 1 saturated heterocycles. The molecule has 0 aromatic carbocycles. The predicted molar refractivity (Wildman–Crippen MR) is 94.0 cm³/mol. The molecule has 1 heterocycles. The van der Waals surface area contributed by atoms with E-state index in [1.165, 1.54) is 0 Å². The van der Waals surface area contributed by atoms with E-state index in [0.717, 1.165) is 45.0 Å². The molecule has 2 rings (SSSR count). The molecule has 2 fully saturated rings. The largest absolute Gasteiger partial charge is 0.381 e. The van der Waals surface area contributed by atoms with Crippen LogP contribution >= 0.6 is 0 Å². The fourth-order valence-corrected chi connectivity index (χ4v) is 3.67. The standard InChI is InChI=1S/C17H34N4O2/c1-16(2)13(11-14(16)22-6)20-15(18-3)19-12-17(21(4)5)7-9-23-10-8-17/h13-14H,7-12H2,1-6H3,(H2,18,19,20). The highest BCUT2D eigenvalue weighted by Crippen LogP contribution is 2.42. The summed E-state index contributed by atoms with van der Waals surface area (Å²) < 4.78 is 11.1. The second kappa shape index (κ2) is 7.36. The van der Waals surface area contributed by atoms with Crippen LogP contribution in [-0.2, 0) is 9.47 Å². The minimum absolute atomic E-state index is 0.129. The van der Waals surface area contributed by atoms with Crippen LogP contribution in [0.5, 0.6) is 0 Å². The zero-order valence-corrected chi connectivity index (χ0v) is 15.6. The molecule has 1 aliphatic carbocycles. The molecule has 0 spiro atoms. The van der Waals surface area contributed by atoms with Crippen LogP contribution in [0.1, 0.15) is 33.1 Å². The number of nitrogens with zero attached hydrogens (tertiary/aromatic N) is 2. The molecule has 2 aliphatic rings. The first-order chi connectivity index (χ1) is 10.9. The van der Waals surface area contributed by atoms with Gasteiger partial charge in [0.1, 0.15) is 0 Å². The third-order valence-corrected chi connectivity index (χ3v) is 5.95. The van der Waals surface area contributed by atoms with E-state index in [1.54, 1.807) is 7.11 Å². The summed E-state index contributed by atoms with van der Waals surface area (Å²) in [5, 5.41) is 7.09. The van der Waals surface area contributed by atoms with Crippen molar-refractivity contribution in [3.05, 3.63) is 0 Å². The number of ether oxygens (including phenoxy) is 2. The summed E-state index contributed by atoms with van der Waals surface area (Å²) in [4.78, 5) is 6.73. The fraction of sp³-hybridized carbons (Fsp3) is 0.941. The Kier molecular flexibility index (Phi) is 5.92. The molecule has 0 amide bonds. The van der Waals surface area contributed by atoms with Gasteiger partial charge in [0, 0.05) is 50.9 Å². The topological polar surface area (TPSA) is 58.1 Å². The maximum atomic E-state index is 5.54. The molecule has 0 aromatic heterocycles. The SMILES string of the molecule is CN=C(NCC1(N(C)C)CCOCC1)NC1CC(OC)C1(C)C. The molecule has 0 aromatic rings. The third-order valence-electron chi connectivity index (χ3n) is 5.95. The van der Waals surface area contributed by atoms with Crippen molar-refractivity contribution in [1.29, 1.82) is 0 Å². The molecule has 6 nitrogen and oxygen atoms in total. The second-order valence-corrected chi connectivity index (χ2v) is 7.64. The lowest BCUT2D eigenvalue weighted by molar-refractivity contribution is -0.0923. The Morgan fingerprint density at radius 3 is 2.43 bits per heavy atom. The van der Waals surface area contributed by atoms with Gasteiger partial charge < -0.3 is 25.0 Å². The Bertz CT molecular complexity index is 417. The summed E-state index contributed by atoms with van der Waals surface area (Å²) in [5.41, 5.74) is 0.268. The zero-order chi connectivity index (χ0) is 17.1. The van der Waals surface area contributed by atoms with Gasteiger partial charge in [-0.25, -0.2) is 0 Å². The van der Waals surface area contributed by atoms with Crippen molar-refractivity contribution in [2.75, 3.05) is 48.0 Å². The van der Waals surface area contributed by atoms with Crippen LogP contribution in [-0.4, -0.2) is 76.6 Å². The molecular weight excluding hydrogens is 292 g/mol. The summed E-state index contributed by atoms with van der Waals surface area (Å²) in [6.07, 6.45) is 3.44. The molecule has 0 radical (unpaired) electrons. The van der Waals surface area contributed by atoms with E-state index in [-0.39, 0.29) is 11.0 Å². The van der Waals surface area contributed by atoms with Crippen molar-refractivity contribution in [2.24, 2.45) is 10.4 Å². The van der Waals surface area contributed by atoms with Crippen molar-refractivity contribution in [3.8, 4) is 0 Å². The highest BCUT2D eigenvalue weighted by atomic mass is 16.5. The zero-order valence-electron chi connectivity index (χ0n) is 15.6. The lowest BCUT2D eigenvalue weighted by Gasteiger charge is -2.51. The van der Waals surface area contributed by atoms with Crippen LogP contribution in [0, 0.1) is 5.41 Å². The van der Waals surface area contributed by atoms with E-state index in [2.05, 4.69) is 48.5 Å². The number of rotatable bonds is 5. The van der Waals surface area contributed by atoms with Crippen molar-refractivity contribution >= 4 is 5.96 Å². The van der Waals surface area contributed by atoms with Gasteiger partial charge in [-0.2, -0.15) is 0 Å². The number of aliphatic imine (C=N–C) groups is 1. The molecule has 1 aliphatic heterocycles. The summed E-state index contributed by atoms with van der Waals surface area (Å²) in [6, 6.07) is 0.392. The summed E-state index contributed by atoms with van der Waals surface area (Å²) >= 11 is 0. The molecule has 23 heavy (non-hydrogen) atoms. The normalized spacial score (nSPS) is 30.0. The van der Waals surface area contributed by atoms with Crippen molar-refractivity contribution in [2.45, 2.75) is 50.8 Å². The van der Waals surface area contributed by atoms with Crippen molar-refractivity contribution in [3.63, 3.8) is 0 Å². The number of nitrogens with one attached hydrogen (secondary N) is 2. The van der Waals surface area contributed by atoms with E-state index in [0.29, 0.717) is 12.1 Å². The van der Waals surface area contributed by atoms with Crippen LogP contribution in [0.25, 0.3) is 0 Å². The average molecular weight is 326 g/mol. The summed E-state index contributed by atoms with van der Waals surface area (Å²) in [5.74, 6) is 0.880. The molecule has 0 bridgehead atoms. The minimum atomic E-state index is 0.129. The summed E-state index contributed by atoms with van der Waals surface area (Å²) in [6.45, 7) is 7.03. The van der Waals surface area contributed by atoms with Gasteiger partial charge in [0.05, 0.1) is 6.10 Å². The van der Waals surface area contributed by atoms with Gasteiger partial charge >= 0.3 is 0 Å². The monoisotopic (exact) mass is 326 g/mol. The van der Waals surface area contributed by atoms with Gasteiger partial charge in [-0.05, 0) is 33.4 Å². The van der Waals surface area contributed by atoms with Gasteiger partial charge in [0.2, 0.25) is 0 Å². The van der Waals surface area contributed by atoms with Crippen LogP contribution in [0.3, 0.4) is 0 Å². The Balaban J connectivity index is 1.90. The quantitative estimate of drug-likeness (QED) is 0.585. The number of methoxy groups -OCH3 is 1. The van der Waals surface area contributed by atoms with E-state index in [4.69, 9.17) is 9.47 Å². The molecule has 6 heteroatoms. The maximum absolute atomic E-state index is 5.54. The van der Waals surface area contributed by atoms with Gasteiger partial charge in [0.15, 0.2) is 5.96 Å². The molecule has 2 unspecified atom stereocenters. The maximum Gasteiger partial charge on any atom is 0.191 e. The Labute approximate surface area is 141 Å². The van der Waals surface area contributed by atoms with Gasteiger partial charge in [0.25, 0.3) is 0 Å². The van der Waals surface area contributed by atoms with E-state index in [1.807, 2.05) is 7.05 Å². The Morgan fingerprint density at radius 2 is 1.96 bits per heavy atom. The Hall–Kier alpha value is -0.850. The third kappa shape index (κ3) is 3.80. The molecule has 1 saturated carbocycles. The van der Waals surface area contributed by atoms with E-state index < -0.39 is 0 Å². The summed E-state index contributed by atoms with van der Waals surface area (Å²) in [7, 11) is 7.94. The Morgan fingerprint density at radius 1 is 1.30 bits per heavy atom. The predicted octanol–water partition coefficient (Wildman–Crippen LogP) is 1.08. The number of hydrogen-bond donors (Lipinski definition) is 2. The van der Waals surface area contributed by atoms with Gasteiger partial charge in [-0.15, -0.1) is 0 Å². The average Bonchev–Trinajstić information content (AvgIpc) is 2.54. The van der Waals surface area contributed by atoms with Crippen LogP contribution in [0.4, 0.5) is 0 Å². The van der Waals surface area contributed by atoms with E-state index in [9.17, 15) is 0 Å². The smallest absolute Gasteiger partial charge is 0.191 e. The first-order valence-corrected chi connectivity index (χ1v) is 8.61. The molecule has 2 atom stereocenters.